The standard InChI is InChI=1S/C27H28F4N8O3/c1-37(7-2-10-40)25(41)16-3-4-21(19(28)11-16)36-23-22-20(29)14-39(24(22)35-15-34-23)17-5-8-38(9-6-17)27-32-12-18(13-33-27)42-26(30)31/h3-4,11-15,17,26,40H,2,5-10H2,1H3,(H,34,35,36). The molecule has 222 valence electrons. The van der Waals surface area contributed by atoms with Gasteiger partial charge in [0.15, 0.2) is 11.6 Å². The highest BCUT2D eigenvalue weighted by atomic mass is 19.3. The first kappa shape index (κ1) is 29.0. The Balaban J connectivity index is 1.29. The van der Waals surface area contributed by atoms with E-state index in [0.29, 0.717) is 50.5 Å². The molecule has 2 N–H and O–H groups in total. The number of aliphatic hydroxyl groups excluding tert-OH is 1. The van der Waals surface area contributed by atoms with E-state index in [1.54, 1.807) is 11.6 Å². The molecule has 0 unspecified atom stereocenters. The summed E-state index contributed by atoms with van der Waals surface area (Å²) in [4.78, 5) is 32.5. The third-order valence-electron chi connectivity index (χ3n) is 7.01. The summed E-state index contributed by atoms with van der Waals surface area (Å²) in [7, 11) is 1.57. The zero-order chi connectivity index (χ0) is 29.8. The number of rotatable bonds is 10. The quantitative estimate of drug-likeness (QED) is 0.263. The Labute approximate surface area is 237 Å². The topological polar surface area (TPSA) is 122 Å². The zero-order valence-corrected chi connectivity index (χ0v) is 22.6. The van der Waals surface area contributed by atoms with E-state index < -0.39 is 24.2 Å². The van der Waals surface area contributed by atoms with Gasteiger partial charge in [-0.2, -0.15) is 8.78 Å². The number of piperidine rings is 1. The van der Waals surface area contributed by atoms with Crippen molar-refractivity contribution in [1.29, 1.82) is 0 Å². The van der Waals surface area contributed by atoms with E-state index in [2.05, 4.69) is 30.0 Å². The van der Waals surface area contributed by atoms with Gasteiger partial charge in [-0.3, -0.25) is 4.79 Å². The van der Waals surface area contributed by atoms with E-state index >= 15 is 4.39 Å². The van der Waals surface area contributed by atoms with Gasteiger partial charge >= 0.3 is 6.61 Å². The maximum Gasteiger partial charge on any atom is 0.387 e. The van der Waals surface area contributed by atoms with Crippen molar-refractivity contribution in [2.24, 2.45) is 0 Å². The molecule has 4 aromatic rings. The number of aliphatic hydroxyl groups is 1. The molecular formula is C27H28F4N8O3. The van der Waals surface area contributed by atoms with Crippen LogP contribution in [0, 0.1) is 11.6 Å². The molecule has 0 saturated carbocycles. The molecule has 1 amide bonds. The summed E-state index contributed by atoms with van der Waals surface area (Å²) in [5.41, 5.74) is 0.485. The van der Waals surface area contributed by atoms with Crippen LogP contribution in [-0.2, 0) is 0 Å². The van der Waals surface area contributed by atoms with Gasteiger partial charge in [0, 0.05) is 51.1 Å². The number of hydrogen-bond donors (Lipinski definition) is 2. The monoisotopic (exact) mass is 588 g/mol. The van der Waals surface area contributed by atoms with Gasteiger partial charge in [0.2, 0.25) is 5.95 Å². The average molecular weight is 589 g/mol. The van der Waals surface area contributed by atoms with Gasteiger partial charge < -0.3 is 29.5 Å². The summed E-state index contributed by atoms with van der Waals surface area (Å²) in [6.45, 7) is -1.64. The number of hydrogen-bond acceptors (Lipinski definition) is 9. The van der Waals surface area contributed by atoms with Gasteiger partial charge in [0.05, 0.1) is 23.5 Å². The molecule has 5 rings (SSSR count). The van der Waals surface area contributed by atoms with Crippen LogP contribution in [0.4, 0.5) is 35.0 Å². The lowest BCUT2D eigenvalue weighted by molar-refractivity contribution is -0.0503. The highest BCUT2D eigenvalue weighted by molar-refractivity contribution is 5.95. The molecule has 1 aromatic carbocycles. The Morgan fingerprint density at radius 2 is 1.88 bits per heavy atom. The van der Waals surface area contributed by atoms with Crippen molar-refractivity contribution < 1.29 is 32.2 Å². The SMILES string of the molecule is CN(CCCO)C(=O)c1ccc(Nc2ncnc3c2c(F)cn3C2CCN(c3ncc(OC(F)F)cn3)CC2)c(F)c1. The summed E-state index contributed by atoms with van der Waals surface area (Å²) < 4.78 is 61.0. The van der Waals surface area contributed by atoms with Crippen LogP contribution in [0.5, 0.6) is 5.75 Å². The van der Waals surface area contributed by atoms with Crippen LogP contribution in [0.15, 0.2) is 43.1 Å². The second-order valence-corrected chi connectivity index (χ2v) is 9.74. The summed E-state index contributed by atoms with van der Waals surface area (Å²) in [6, 6.07) is 3.83. The van der Waals surface area contributed by atoms with Crippen LogP contribution in [-0.4, -0.2) is 80.3 Å². The number of carbonyl (C=O) groups is 1. The van der Waals surface area contributed by atoms with Crippen LogP contribution < -0.4 is 15.0 Å². The number of carbonyl (C=O) groups excluding carboxylic acids is 1. The van der Waals surface area contributed by atoms with E-state index in [0.717, 1.165) is 6.07 Å². The summed E-state index contributed by atoms with van der Waals surface area (Å²) in [6.07, 6.45) is 6.59. The molecule has 1 aliphatic heterocycles. The summed E-state index contributed by atoms with van der Waals surface area (Å²) >= 11 is 0. The molecule has 0 aliphatic carbocycles. The summed E-state index contributed by atoms with van der Waals surface area (Å²) in [5, 5.41) is 11.9. The lowest BCUT2D eigenvalue weighted by Crippen LogP contribution is -2.35. The van der Waals surface area contributed by atoms with E-state index in [9.17, 15) is 18.0 Å². The Hall–Kier alpha value is -4.53. The first-order valence-corrected chi connectivity index (χ1v) is 13.2. The minimum atomic E-state index is -2.96. The van der Waals surface area contributed by atoms with Crippen molar-refractivity contribution in [3.8, 4) is 5.75 Å². The van der Waals surface area contributed by atoms with Gasteiger partial charge in [0.25, 0.3) is 5.91 Å². The van der Waals surface area contributed by atoms with Crippen LogP contribution in [0.25, 0.3) is 11.0 Å². The average Bonchev–Trinajstić information content (AvgIpc) is 3.33. The number of benzene rings is 1. The lowest BCUT2D eigenvalue weighted by Gasteiger charge is -2.32. The largest absolute Gasteiger partial charge is 0.432 e. The number of halogens is 4. The first-order chi connectivity index (χ1) is 20.2. The molecule has 1 aliphatic rings. The van der Waals surface area contributed by atoms with Crippen molar-refractivity contribution in [3.63, 3.8) is 0 Å². The number of alkyl halides is 2. The predicted octanol–water partition coefficient (Wildman–Crippen LogP) is 4.14. The third-order valence-corrected chi connectivity index (χ3v) is 7.01. The predicted molar refractivity (Wildman–Crippen MR) is 145 cm³/mol. The van der Waals surface area contributed by atoms with E-state index in [1.807, 2.05) is 4.90 Å². The van der Waals surface area contributed by atoms with Crippen molar-refractivity contribution >= 4 is 34.4 Å². The number of amides is 1. The normalized spacial score (nSPS) is 14.0. The highest BCUT2D eigenvalue weighted by Crippen LogP contribution is 2.33. The molecule has 3 aromatic heterocycles. The molecular weight excluding hydrogens is 560 g/mol. The van der Waals surface area contributed by atoms with Gasteiger partial charge in [-0.1, -0.05) is 0 Å². The second-order valence-electron chi connectivity index (χ2n) is 9.74. The first-order valence-electron chi connectivity index (χ1n) is 13.2. The molecule has 15 heteroatoms. The van der Waals surface area contributed by atoms with Crippen LogP contribution in [0.3, 0.4) is 0 Å². The Morgan fingerprint density at radius 1 is 1.14 bits per heavy atom. The van der Waals surface area contributed by atoms with E-state index in [1.165, 1.54) is 42.0 Å². The van der Waals surface area contributed by atoms with Crippen LogP contribution >= 0.6 is 0 Å². The number of fused-ring (bicyclic) bond motifs is 1. The Bertz CT molecular complexity index is 1540. The number of nitrogens with one attached hydrogen (secondary N) is 1. The zero-order valence-electron chi connectivity index (χ0n) is 22.6. The fourth-order valence-electron chi connectivity index (χ4n) is 4.90. The molecule has 0 spiro atoms. The van der Waals surface area contributed by atoms with Crippen LogP contribution in [0.2, 0.25) is 0 Å². The maximum atomic E-state index is 15.3. The fraction of sp³-hybridized carbons (Fsp3) is 0.370. The third kappa shape index (κ3) is 6.20. The summed E-state index contributed by atoms with van der Waals surface area (Å²) in [5.74, 6) is -1.37. The second kappa shape index (κ2) is 12.5. The fourth-order valence-corrected chi connectivity index (χ4v) is 4.90. The van der Waals surface area contributed by atoms with E-state index in [-0.39, 0.29) is 40.9 Å². The molecule has 1 fully saturated rings. The Morgan fingerprint density at radius 3 is 2.55 bits per heavy atom. The highest BCUT2D eigenvalue weighted by Gasteiger charge is 2.26. The van der Waals surface area contributed by atoms with E-state index in [4.69, 9.17) is 5.11 Å². The lowest BCUT2D eigenvalue weighted by atomic mass is 10.1. The minimum absolute atomic E-state index is 0.00925. The van der Waals surface area contributed by atoms with Gasteiger partial charge in [-0.25, -0.2) is 28.7 Å². The molecule has 11 nitrogen and oxygen atoms in total. The molecule has 0 bridgehead atoms. The number of nitrogens with zero attached hydrogens (tertiary/aromatic N) is 7. The number of ether oxygens (including phenoxy) is 1. The minimum Gasteiger partial charge on any atom is -0.432 e. The van der Waals surface area contributed by atoms with Gasteiger partial charge in [-0.05, 0) is 37.5 Å². The number of aromatic nitrogens is 5. The van der Waals surface area contributed by atoms with Crippen molar-refractivity contribution in [1.82, 2.24) is 29.4 Å². The molecule has 0 radical (unpaired) electrons. The van der Waals surface area contributed by atoms with Crippen molar-refractivity contribution in [2.45, 2.75) is 31.9 Å². The Kier molecular flexibility index (Phi) is 8.66. The van der Waals surface area contributed by atoms with Crippen LogP contribution in [0.1, 0.15) is 35.7 Å². The van der Waals surface area contributed by atoms with Gasteiger partial charge in [0.1, 0.15) is 23.6 Å². The maximum absolute atomic E-state index is 15.3. The smallest absolute Gasteiger partial charge is 0.387 e. The molecule has 1 saturated heterocycles. The molecule has 4 heterocycles. The van der Waals surface area contributed by atoms with Crippen molar-refractivity contribution in [2.75, 3.05) is 43.5 Å². The molecule has 42 heavy (non-hydrogen) atoms. The van der Waals surface area contributed by atoms with Crippen molar-refractivity contribution in [3.05, 3.63) is 60.3 Å². The van der Waals surface area contributed by atoms with Gasteiger partial charge in [-0.15, -0.1) is 0 Å². The molecule has 0 atom stereocenters. The number of anilines is 3.